The van der Waals surface area contributed by atoms with Crippen LogP contribution in [0.4, 0.5) is 0 Å². The van der Waals surface area contributed by atoms with Crippen molar-refractivity contribution in [3.8, 4) is 11.5 Å². The molecule has 0 bridgehead atoms. The molecule has 2 aromatic carbocycles. The summed E-state index contributed by atoms with van der Waals surface area (Å²) in [6.45, 7) is 0. The second kappa shape index (κ2) is 7.47. The van der Waals surface area contributed by atoms with Crippen LogP contribution < -0.4 is 11.1 Å². The molecule has 7 heteroatoms. The van der Waals surface area contributed by atoms with Crippen LogP contribution in [-0.4, -0.2) is 33.2 Å². The number of carboxylic acids is 1. The van der Waals surface area contributed by atoms with E-state index in [1.165, 1.54) is 36.4 Å². The zero-order valence-electron chi connectivity index (χ0n) is 12.7. The highest BCUT2D eigenvalue weighted by Crippen LogP contribution is 2.16. The molecule has 24 heavy (non-hydrogen) atoms. The highest BCUT2D eigenvalue weighted by Gasteiger charge is 2.24. The molecule has 7 nitrogen and oxygen atoms in total. The number of phenols is 2. The van der Waals surface area contributed by atoms with E-state index in [1.807, 2.05) is 0 Å². The third-order valence-electron chi connectivity index (χ3n) is 3.53. The Hall–Kier alpha value is -3.06. The highest BCUT2D eigenvalue weighted by atomic mass is 16.4. The Balaban J connectivity index is 2.06. The number of carbonyl (C=O) groups is 2. The number of aromatic hydroxyl groups is 2. The normalized spacial score (nSPS) is 13.0. The van der Waals surface area contributed by atoms with Crippen LogP contribution in [0.25, 0.3) is 0 Å². The molecule has 2 atom stereocenters. The first-order valence-electron chi connectivity index (χ1n) is 7.22. The number of carboxylic acid groups (broad SMARTS) is 1. The molecular weight excluding hydrogens is 312 g/mol. The molecule has 2 rings (SSSR count). The van der Waals surface area contributed by atoms with Crippen LogP contribution in [0.2, 0.25) is 0 Å². The average molecular weight is 330 g/mol. The molecule has 0 saturated heterocycles. The average Bonchev–Trinajstić information content (AvgIpc) is 2.56. The van der Waals surface area contributed by atoms with Gasteiger partial charge in [-0.05, 0) is 35.4 Å². The molecule has 0 spiro atoms. The number of amides is 1. The standard InChI is InChI=1S/C17H18N2O5/c18-15(11-3-7-13(21)8-4-11)16(22)19-14(17(23)24)9-10-1-5-12(20)6-2-10/h1-8,14-15,20-21H,9,18H2,(H,19,22)(H,23,24)/t14-,15-/m0/s1. The minimum atomic E-state index is -1.19. The van der Waals surface area contributed by atoms with Crippen LogP contribution in [0.5, 0.6) is 11.5 Å². The molecule has 0 aliphatic rings. The van der Waals surface area contributed by atoms with Gasteiger partial charge in [0.05, 0.1) is 0 Å². The summed E-state index contributed by atoms with van der Waals surface area (Å²) in [4.78, 5) is 23.6. The van der Waals surface area contributed by atoms with Gasteiger partial charge in [0.25, 0.3) is 0 Å². The number of aliphatic carboxylic acids is 1. The monoisotopic (exact) mass is 330 g/mol. The van der Waals surface area contributed by atoms with Crippen LogP contribution in [0, 0.1) is 0 Å². The van der Waals surface area contributed by atoms with E-state index in [0.717, 1.165) is 0 Å². The maximum atomic E-state index is 12.2. The van der Waals surface area contributed by atoms with E-state index in [1.54, 1.807) is 12.1 Å². The number of benzene rings is 2. The highest BCUT2D eigenvalue weighted by molar-refractivity contribution is 5.87. The predicted octanol–water partition coefficient (Wildman–Crippen LogP) is 0.910. The molecule has 2 aromatic rings. The van der Waals surface area contributed by atoms with Crippen LogP contribution in [-0.2, 0) is 16.0 Å². The largest absolute Gasteiger partial charge is 0.508 e. The topological polar surface area (TPSA) is 133 Å². The number of hydrogen-bond donors (Lipinski definition) is 5. The summed E-state index contributed by atoms with van der Waals surface area (Å²) in [5.41, 5.74) is 6.94. The van der Waals surface area contributed by atoms with E-state index in [2.05, 4.69) is 5.32 Å². The second-order valence-corrected chi connectivity index (χ2v) is 5.34. The Morgan fingerprint density at radius 2 is 1.46 bits per heavy atom. The quantitative estimate of drug-likeness (QED) is 0.535. The van der Waals surface area contributed by atoms with Crippen molar-refractivity contribution in [3.05, 3.63) is 59.7 Å². The Morgan fingerprint density at radius 1 is 0.958 bits per heavy atom. The lowest BCUT2D eigenvalue weighted by Gasteiger charge is -2.18. The van der Waals surface area contributed by atoms with E-state index in [-0.39, 0.29) is 17.9 Å². The van der Waals surface area contributed by atoms with Gasteiger partial charge in [-0.25, -0.2) is 4.79 Å². The predicted molar refractivity (Wildman–Crippen MR) is 86.4 cm³/mol. The first kappa shape index (κ1) is 17.3. The molecule has 1 amide bonds. The van der Waals surface area contributed by atoms with Gasteiger partial charge in [0.1, 0.15) is 23.6 Å². The van der Waals surface area contributed by atoms with Gasteiger partial charge in [-0.2, -0.15) is 0 Å². The third-order valence-corrected chi connectivity index (χ3v) is 3.53. The SMILES string of the molecule is N[C@H](C(=O)N[C@@H](Cc1ccc(O)cc1)C(=O)O)c1ccc(O)cc1. The van der Waals surface area contributed by atoms with Crippen molar-refractivity contribution in [2.24, 2.45) is 5.73 Å². The maximum absolute atomic E-state index is 12.2. The molecule has 0 aliphatic heterocycles. The summed E-state index contributed by atoms with van der Waals surface area (Å²) in [5, 5.41) is 30.2. The number of nitrogens with two attached hydrogens (primary N) is 1. The Bertz CT molecular complexity index is 713. The van der Waals surface area contributed by atoms with Gasteiger partial charge >= 0.3 is 5.97 Å². The summed E-state index contributed by atoms with van der Waals surface area (Å²) < 4.78 is 0. The van der Waals surface area contributed by atoms with Gasteiger partial charge in [-0.3, -0.25) is 4.79 Å². The zero-order valence-corrected chi connectivity index (χ0v) is 12.7. The molecular formula is C17H18N2O5. The van der Waals surface area contributed by atoms with Gasteiger partial charge in [0.15, 0.2) is 0 Å². The van der Waals surface area contributed by atoms with Crippen LogP contribution in [0.15, 0.2) is 48.5 Å². The lowest BCUT2D eigenvalue weighted by molar-refractivity contribution is -0.142. The van der Waals surface area contributed by atoms with Gasteiger partial charge in [0.2, 0.25) is 5.91 Å². The summed E-state index contributed by atoms with van der Waals surface area (Å²) in [6, 6.07) is 9.63. The fourth-order valence-electron chi connectivity index (χ4n) is 2.16. The van der Waals surface area contributed by atoms with E-state index >= 15 is 0 Å². The smallest absolute Gasteiger partial charge is 0.326 e. The maximum Gasteiger partial charge on any atom is 0.326 e. The number of hydrogen-bond acceptors (Lipinski definition) is 5. The number of nitrogens with one attached hydrogen (secondary N) is 1. The molecule has 0 fully saturated rings. The molecule has 0 unspecified atom stereocenters. The van der Waals surface area contributed by atoms with Crippen molar-refractivity contribution in [2.75, 3.05) is 0 Å². The molecule has 0 aliphatic carbocycles. The first-order chi connectivity index (χ1) is 11.4. The summed E-state index contributed by atoms with van der Waals surface area (Å²) >= 11 is 0. The van der Waals surface area contributed by atoms with E-state index in [4.69, 9.17) is 5.73 Å². The minimum Gasteiger partial charge on any atom is -0.508 e. The van der Waals surface area contributed by atoms with Crippen molar-refractivity contribution in [1.82, 2.24) is 5.32 Å². The summed E-state index contributed by atoms with van der Waals surface area (Å²) in [5.74, 6) is -1.70. The van der Waals surface area contributed by atoms with Crippen molar-refractivity contribution < 1.29 is 24.9 Å². The number of rotatable bonds is 6. The van der Waals surface area contributed by atoms with Gasteiger partial charge in [0, 0.05) is 6.42 Å². The Morgan fingerprint density at radius 3 is 1.96 bits per heavy atom. The number of phenolic OH excluding ortho intramolecular Hbond substituents is 2. The first-order valence-corrected chi connectivity index (χ1v) is 7.22. The molecule has 0 aromatic heterocycles. The van der Waals surface area contributed by atoms with Crippen LogP contribution in [0.3, 0.4) is 0 Å². The van der Waals surface area contributed by atoms with Crippen molar-refractivity contribution in [1.29, 1.82) is 0 Å². The Labute approximate surface area is 138 Å². The third kappa shape index (κ3) is 4.47. The second-order valence-electron chi connectivity index (χ2n) is 5.34. The molecule has 0 radical (unpaired) electrons. The number of carbonyl (C=O) groups excluding carboxylic acids is 1. The summed E-state index contributed by atoms with van der Waals surface area (Å²) in [6.07, 6.45) is 0.0592. The van der Waals surface area contributed by atoms with E-state index < -0.39 is 24.0 Å². The lowest BCUT2D eigenvalue weighted by atomic mass is 10.0. The van der Waals surface area contributed by atoms with Crippen LogP contribution in [0.1, 0.15) is 17.2 Å². The fraction of sp³-hybridized carbons (Fsp3) is 0.176. The van der Waals surface area contributed by atoms with Gasteiger partial charge in [-0.1, -0.05) is 24.3 Å². The fourth-order valence-corrected chi connectivity index (χ4v) is 2.16. The van der Waals surface area contributed by atoms with Crippen molar-refractivity contribution >= 4 is 11.9 Å². The van der Waals surface area contributed by atoms with Gasteiger partial charge < -0.3 is 26.4 Å². The molecule has 126 valence electrons. The van der Waals surface area contributed by atoms with E-state index in [0.29, 0.717) is 11.1 Å². The minimum absolute atomic E-state index is 0.0436. The van der Waals surface area contributed by atoms with Crippen LogP contribution >= 0.6 is 0 Å². The molecule has 0 saturated carbocycles. The van der Waals surface area contributed by atoms with Crippen molar-refractivity contribution in [3.63, 3.8) is 0 Å². The van der Waals surface area contributed by atoms with Crippen molar-refractivity contribution in [2.45, 2.75) is 18.5 Å². The molecule has 6 N–H and O–H groups in total. The molecule has 0 heterocycles. The van der Waals surface area contributed by atoms with Gasteiger partial charge in [-0.15, -0.1) is 0 Å². The summed E-state index contributed by atoms with van der Waals surface area (Å²) in [7, 11) is 0. The zero-order chi connectivity index (χ0) is 17.7. The lowest BCUT2D eigenvalue weighted by Crippen LogP contribution is -2.46. The Kier molecular flexibility index (Phi) is 5.39. The van der Waals surface area contributed by atoms with E-state index in [9.17, 15) is 24.9 Å².